The number of nitrogens with one attached hydrogen (secondary N) is 1. The summed E-state index contributed by atoms with van der Waals surface area (Å²) < 4.78 is 5.22. The minimum absolute atomic E-state index is 0.107. The predicted octanol–water partition coefficient (Wildman–Crippen LogP) is 1.70. The van der Waals surface area contributed by atoms with E-state index in [0.29, 0.717) is 18.7 Å². The van der Waals surface area contributed by atoms with Crippen molar-refractivity contribution in [1.29, 1.82) is 0 Å². The number of nitrogens with two attached hydrogens (primary N) is 1. The molecule has 0 bridgehead atoms. The van der Waals surface area contributed by atoms with Crippen molar-refractivity contribution in [3.8, 4) is 0 Å². The fourth-order valence-electron chi connectivity index (χ4n) is 1.47. The largest absolute Gasteiger partial charge is 0.399 e. The van der Waals surface area contributed by atoms with E-state index in [9.17, 15) is 4.79 Å². The van der Waals surface area contributed by atoms with Crippen molar-refractivity contribution >= 4 is 11.6 Å². The van der Waals surface area contributed by atoms with E-state index in [1.165, 1.54) is 0 Å². The molecule has 1 aromatic carbocycles. The first-order valence-electron chi connectivity index (χ1n) is 5.69. The Bertz CT molecular complexity index is 387. The Hall–Kier alpha value is -1.55. The van der Waals surface area contributed by atoms with Crippen LogP contribution in [-0.4, -0.2) is 18.6 Å². The van der Waals surface area contributed by atoms with Gasteiger partial charge in [-0.25, -0.2) is 0 Å². The fourth-order valence-corrected chi connectivity index (χ4v) is 1.47. The molecule has 0 heterocycles. The van der Waals surface area contributed by atoms with Crippen LogP contribution in [0.4, 0.5) is 5.69 Å². The lowest BCUT2D eigenvalue weighted by atomic mass is 10.0. The maximum Gasteiger partial charge on any atom is 0.252 e. The highest BCUT2D eigenvalue weighted by molar-refractivity contribution is 5.84. The highest BCUT2D eigenvalue weighted by Crippen LogP contribution is 2.14. The van der Waals surface area contributed by atoms with E-state index in [4.69, 9.17) is 10.5 Å². The summed E-state index contributed by atoms with van der Waals surface area (Å²) in [6, 6.07) is 7.45. The van der Waals surface area contributed by atoms with Gasteiger partial charge in [0.1, 0.15) is 5.60 Å². The Morgan fingerprint density at radius 3 is 2.76 bits per heavy atom. The maximum absolute atomic E-state index is 11.9. The molecule has 0 aliphatic carbocycles. The van der Waals surface area contributed by atoms with Crippen LogP contribution in [-0.2, 0) is 16.1 Å². The number of carbonyl (C=O) groups excluding carboxylic acids is 1. The number of ether oxygens (including phenoxy) is 1. The van der Waals surface area contributed by atoms with Crippen LogP contribution in [0, 0.1) is 0 Å². The molecule has 1 rings (SSSR count). The number of anilines is 1. The highest BCUT2D eigenvalue weighted by atomic mass is 16.5. The number of amides is 1. The second-order valence-electron chi connectivity index (χ2n) is 4.22. The zero-order valence-corrected chi connectivity index (χ0v) is 10.6. The second kappa shape index (κ2) is 5.68. The molecule has 94 valence electrons. The molecule has 0 aliphatic heterocycles. The average Bonchev–Trinajstić information content (AvgIpc) is 2.35. The molecule has 0 aromatic heterocycles. The normalized spacial score (nSPS) is 14.1. The molecule has 4 nitrogen and oxygen atoms in total. The van der Waals surface area contributed by atoms with Crippen LogP contribution in [0.1, 0.15) is 25.8 Å². The topological polar surface area (TPSA) is 64.3 Å². The monoisotopic (exact) mass is 236 g/mol. The van der Waals surface area contributed by atoms with Crippen molar-refractivity contribution in [1.82, 2.24) is 5.32 Å². The van der Waals surface area contributed by atoms with Gasteiger partial charge in [-0.15, -0.1) is 0 Å². The molecule has 0 saturated carbocycles. The summed E-state index contributed by atoms with van der Waals surface area (Å²) in [5.41, 5.74) is 6.58. The molecule has 1 atom stereocenters. The van der Waals surface area contributed by atoms with Crippen LogP contribution < -0.4 is 11.1 Å². The molecule has 0 fully saturated rings. The lowest BCUT2D eigenvalue weighted by molar-refractivity contribution is -0.142. The quantitative estimate of drug-likeness (QED) is 0.765. The lowest BCUT2D eigenvalue weighted by Gasteiger charge is -2.25. The summed E-state index contributed by atoms with van der Waals surface area (Å²) in [5.74, 6) is -0.107. The summed E-state index contributed by atoms with van der Waals surface area (Å²) in [6.45, 7) is 4.16. The third-order valence-corrected chi connectivity index (χ3v) is 3.01. The van der Waals surface area contributed by atoms with Crippen molar-refractivity contribution in [2.75, 3.05) is 12.8 Å². The molecule has 0 saturated heterocycles. The van der Waals surface area contributed by atoms with Gasteiger partial charge in [0.15, 0.2) is 0 Å². The van der Waals surface area contributed by atoms with Gasteiger partial charge in [0.05, 0.1) is 0 Å². The number of benzene rings is 1. The molecule has 1 aromatic rings. The van der Waals surface area contributed by atoms with Crippen molar-refractivity contribution < 1.29 is 9.53 Å². The Kier molecular flexibility index (Phi) is 4.52. The maximum atomic E-state index is 11.9. The van der Waals surface area contributed by atoms with E-state index in [2.05, 4.69) is 5.32 Å². The van der Waals surface area contributed by atoms with Crippen LogP contribution in [0.3, 0.4) is 0 Å². The molecular weight excluding hydrogens is 216 g/mol. The fraction of sp³-hybridized carbons (Fsp3) is 0.462. The van der Waals surface area contributed by atoms with Crippen LogP contribution in [0.15, 0.2) is 24.3 Å². The summed E-state index contributed by atoms with van der Waals surface area (Å²) in [7, 11) is 1.55. The molecule has 1 unspecified atom stereocenters. The van der Waals surface area contributed by atoms with Crippen molar-refractivity contribution in [2.24, 2.45) is 0 Å². The molecule has 0 radical (unpaired) electrons. The first kappa shape index (κ1) is 13.5. The minimum Gasteiger partial charge on any atom is -0.399 e. The standard InChI is InChI=1S/C13H20N2O2/c1-4-13(2,17-3)12(16)15-9-10-6-5-7-11(14)8-10/h5-8H,4,9,14H2,1-3H3,(H,15,16). The smallest absolute Gasteiger partial charge is 0.252 e. The van der Waals surface area contributed by atoms with E-state index in [-0.39, 0.29) is 5.91 Å². The number of nitrogen functional groups attached to an aromatic ring is 1. The summed E-state index contributed by atoms with van der Waals surface area (Å²) in [4.78, 5) is 11.9. The van der Waals surface area contributed by atoms with Crippen LogP contribution in [0.5, 0.6) is 0 Å². The Morgan fingerprint density at radius 2 is 2.24 bits per heavy atom. The van der Waals surface area contributed by atoms with E-state index in [1.807, 2.05) is 31.2 Å². The van der Waals surface area contributed by atoms with Gasteiger partial charge in [-0.05, 0) is 31.0 Å². The molecule has 1 amide bonds. The van der Waals surface area contributed by atoms with Crippen LogP contribution >= 0.6 is 0 Å². The Balaban J connectivity index is 2.59. The van der Waals surface area contributed by atoms with Gasteiger partial charge in [0.2, 0.25) is 0 Å². The van der Waals surface area contributed by atoms with Gasteiger partial charge >= 0.3 is 0 Å². The number of rotatable bonds is 5. The molecule has 4 heteroatoms. The van der Waals surface area contributed by atoms with E-state index >= 15 is 0 Å². The van der Waals surface area contributed by atoms with Crippen molar-refractivity contribution in [3.05, 3.63) is 29.8 Å². The van der Waals surface area contributed by atoms with Gasteiger partial charge < -0.3 is 15.8 Å². The van der Waals surface area contributed by atoms with E-state index in [0.717, 1.165) is 5.56 Å². The zero-order chi connectivity index (χ0) is 12.9. The van der Waals surface area contributed by atoms with E-state index < -0.39 is 5.60 Å². The number of hydrogen-bond acceptors (Lipinski definition) is 3. The van der Waals surface area contributed by atoms with Crippen molar-refractivity contribution in [2.45, 2.75) is 32.4 Å². The third-order valence-electron chi connectivity index (χ3n) is 3.01. The Labute approximate surface area is 102 Å². The van der Waals surface area contributed by atoms with Gasteiger partial charge in [-0.2, -0.15) is 0 Å². The third kappa shape index (κ3) is 3.46. The summed E-state index contributed by atoms with van der Waals surface area (Å²) >= 11 is 0. The minimum atomic E-state index is -0.764. The number of hydrogen-bond donors (Lipinski definition) is 2. The number of methoxy groups -OCH3 is 1. The average molecular weight is 236 g/mol. The van der Waals surface area contributed by atoms with Crippen LogP contribution in [0.2, 0.25) is 0 Å². The summed E-state index contributed by atoms with van der Waals surface area (Å²) in [5, 5.41) is 2.85. The van der Waals surface area contributed by atoms with Gasteiger partial charge in [0.25, 0.3) is 5.91 Å². The van der Waals surface area contributed by atoms with E-state index in [1.54, 1.807) is 14.0 Å². The predicted molar refractivity (Wildman–Crippen MR) is 68.4 cm³/mol. The molecule has 0 aliphatic rings. The van der Waals surface area contributed by atoms with Crippen molar-refractivity contribution in [3.63, 3.8) is 0 Å². The van der Waals surface area contributed by atoms with Crippen LogP contribution in [0.25, 0.3) is 0 Å². The zero-order valence-electron chi connectivity index (χ0n) is 10.6. The highest BCUT2D eigenvalue weighted by Gasteiger charge is 2.30. The Morgan fingerprint density at radius 1 is 1.53 bits per heavy atom. The summed E-state index contributed by atoms with van der Waals surface area (Å²) in [6.07, 6.45) is 0.631. The SMILES string of the molecule is CCC(C)(OC)C(=O)NCc1cccc(N)c1. The molecule has 3 N–H and O–H groups in total. The molecule has 17 heavy (non-hydrogen) atoms. The van der Waals surface area contributed by atoms with Gasteiger partial charge in [0, 0.05) is 19.3 Å². The first-order chi connectivity index (χ1) is 8.01. The van der Waals surface area contributed by atoms with Gasteiger partial charge in [-0.3, -0.25) is 4.79 Å². The molecule has 0 spiro atoms. The molecular formula is C13H20N2O2. The first-order valence-corrected chi connectivity index (χ1v) is 5.69. The lowest BCUT2D eigenvalue weighted by Crippen LogP contribution is -2.45. The number of carbonyl (C=O) groups is 1. The second-order valence-corrected chi connectivity index (χ2v) is 4.22. The van der Waals surface area contributed by atoms with Gasteiger partial charge in [-0.1, -0.05) is 19.1 Å².